The lowest BCUT2D eigenvalue weighted by molar-refractivity contribution is -0.141. The molecule has 0 bridgehead atoms. The fourth-order valence-electron chi connectivity index (χ4n) is 3.08. The van der Waals surface area contributed by atoms with Crippen molar-refractivity contribution in [2.45, 2.75) is 29.9 Å². The quantitative estimate of drug-likeness (QED) is 0.364. The second-order valence-electron chi connectivity index (χ2n) is 7.80. The third-order valence-corrected chi connectivity index (χ3v) is 7.73. The van der Waals surface area contributed by atoms with Crippen molar-refractivity contribution >= 4 is 27.1 Å². The molecular weight excluding hydrogens is 521 g/mol. The van der Waals surface area contributed by atoms with Crippen molar-refractivity contribution in [2.24, 2.45) is 5.73 Å². The van der Waals surface area contributed by atoms with Crippen LogP contribution in [0.15, 0.2) is 51.1 Å². The SMILES string of the molecule is C[C@H](N)C(=O)NCc1cccc(-n2nc(C(F)(F)F)cc2-c2nnc(-c3ccc(S(C)(=O)=O)s3)o2)c1. The van der Waals surface area contributed by atoms with E-state index in [9.17, 15) is 26.4 Å². The summed E-state index contributed by atoms with van der Waals surface area (Å²) in [7, 11) is -3.45. The fourth-order valence-corrected chi connectivity index (χ4v) is 4.93. The van der Waals surface area contributed by atoms with Crippen LogP contribution in [0.3, 0.4) is 0 Å². The van der Waals surface area contributed by atoms with Gasteiger partial charge in [-0.25, -0.2) is 13.1 Å². The Balaban J connectivity index is 1.72. The zero-order valence-electron chi connectivity index (χ0n) is 18.8. The Kier molecular flexibility index (Phi) is 6.72. The van der Waals surface area contributed by atoms with E-state index in [1.165, 1.54) is 25.1 Å². The van der Waals surface area contributed by atoms with Gasteiger partial charge in [-0.15, -0.1) is 21.5 Å². The van der Waals surface area contributed by atoms with Crippen LogP contribution in [0.25, 0.3) is 28.0 Å². The number of thiophene rings is 1. The molecule has 3 N–H and O–H groups in total. The molecule has 4 rings (SSSR count). The number of carbonyl (C=O) groups is 1. The van der Waals surface area contributed by atoms with Crippen LogP contribution >= 0.6 is 11.3 Å². The zero-order valence-corrected chi connectivity index (χ0v) is 20.4. The number of halogens is 3. The van der Waals surface area contributed by atoms with Crippen LogP contribution in [0.1, 0.15) is 18.2 Å². The molecule has 0 radical (unpaired) electrons. The molecule has 10 nitrogen and oxygen atoms in total. The van der Waals surface area contributed by atoms with E-state index in [0.717, 1.165) is 28.3 Å². The lowest BCUT2D eigenvalue weighted by atomic mass is 10.2. The minimum absolute atomic E-state index is 0.0569. The largest absolute Gasteiger partial charge is 0.435 e. The van der Waals surface area contributed by atoms with E-state index in [1.54, 1.807) is 18.2 Å². The van der Waals surface area contributed by atoms with E-state index in [1.807, 2.05) is 0 Å². The van der Waals surface area contributed by atoms with Crippen LogP contribution < -0.4 is 11.1 Å². The summed E-state index contributed by atoms with van der Waals surface area (Å²) in [6.45, 7) is 1.62. The fraction of sp³-hybridized carbons (Fsp3) is 0.238. The van der Waals surface area contributed by atoms with Crippen LogP contribution in [0.4, 0.5) is 13.2 Å². The number of hydrogen-bond donors (Lipinski definition) is 2. The first kappa shape index (κ1) is 25.5. The lowest BCUT2D eigenvalue weighted by Gasteiger charge is -2.10. The van der Waals surface area contributed by atoms with Gasteiger partial charge < -0.3 is 15.5 Å². The molecule has 1 atom stereocenters. The van der Waals surface area contributed by atoms with Crippen molar-refractivity contribution in [3.8, 4) is 28.0 Å². The molecule has 0 aliphatic rings. The third-order valence-electron chi connectivity index (χ3n) is 4.84. The maximum atomic E-state index is 13.5. The predicted octanol–water partition coefficient (Wildman–Crippen LogP) is 3.04. The number of nitrogens with one attached hydrogen (secondary N) is 1. The monoisotopic (exact) mass is 540 g/mol. The minimum Gasteiger partial charge on any atom is -0.414 e. The molecule has 0 aliphatic heterocycles. The Morgan fingerprint density at radius 3 is 2.56 bits per heavy atom. The summed E-state index contributed by atoms with van der Waals surface area (Å²) in [5, 5.41) is 14.0. The number of aromatic nitrogens is 4. The summed E-state index contributed by atoms with van der Waals surface area (Å²) in [5.74, 6) is -0.693. The summed E-state index contributed by atoms with van der Waals surface area (Å²) < 4.78 is 70.7. The Labute approximate surface area is 206 Å². The van der Waals surface area contributed by atoms with Gasteiger partial charge in [0.2, 0.25) is 5.91 Å². The van der Waals surface area contributed by atoms with Crippen molar-refractivity contribution < 1.29 is 30.8 Å². The number of rotatable bonds is 7. The van der Waals surface area contributed by atoms with E-state index < -0.39 is 27.7 Å². The maximum Gasteiger partial charge on any atom is 0.435 e. The molecule has 0 saturated heterocycles. The van der Waals surface area contributed by atoms with E-state index in [0.29, 0.717) is 10.4 Å². The van der Waals surface area contributed by atoms with Gasteiger partial charge in [0.15, 0.2) is 15.5 Å². The molecular formula is C21H19F3N6O4S2. The van der Waals surface area contributed by atoms with Crippen LogP contribution in [-0.4, -0.2) is 46.6 Å². The van der Waals surface area contributed by atoms with Crippen LogP contribution in [-0.2, 0) is 27.4 Å². The highest BCUT2D eigenvalue weighted by Crippen LogP contribution is 2.35. The third kappa shape index (κ3) is 5.47. The van der Waals surface area contributed by atoms with Crippen molar-refractivity contribution in [3.63, 3.8) is 0 Å². The molecule has 1 aromatic carbocycles. The molecule has 1 amide bonds. The number of amides is 1. The second-order valence-corrected chi connectivity index (χ2v) is 11.1. The summed E-state index contributed by atoms with van der Waals surface area (Å²) in [6.07, 6.45) is -3.70. The van der Waals surface area contributed by atoms with Crippen molar-refractivity contribution in [2.75, 3.05) is 6.26 Å². The highest BCUT2D eigenvalue weighted by Gasteiger charge is 2.36. The molecule has 0 unspecified atom stereocenters. The van der Waals surface area contributed by atoms with Gasteiger partial charge in [0, 0.05) is 18.9 Å². The second kappa shape index (κ2) is 9.48. The van der Waals surface area contributed by atoms with Crippen LogP contribution in [0.5, 0.6) is 0 Å². The van der Waals surface area contributed by atoms with Gasteiger partial charge in [0.25, 0.3) is 11.8 Å². The lowest BCUT2D eigenvalue weighted by Crippen LogP contribution is -2.37. The van der Waals surface area contributed by atoms with Gasteiger partial charge in [-0.05, 0) is 36.8 Å². The van der Waals surface area contributed by atoms with Crippen LogP contribution in [0.2, 0.25) is 0 Å². The van der Waals surface area contributed by atoms with Crippen LogP contribution in [0, 0.1) is 0 Å². The summed E-state index contributed by atoms with van der Waals surface area (Å²) in [4.78, 5) is 12.1. The van der Waals surface area contributed by atoms with Gasteiger partial charge >= 0.3 is 6.18 Å². The van der Waals surface area contributed by atoms with Gasteiger partial charge in [0.05, 0.1) is 16.6 Å². The van der Waals surface area contributed by atoms with Gasteiger partial charge in [0.1, 0.15) is 9.90 Å². The summed E-state index contributed by atoms with van der Waals surface area (Å²) in [6, 6.07) is 9.26. The van der Waals surface area contributed by atoms with Crippen molar-refractivity contribution in [3.05, 3.63) is 53.7 Å². The molecule has 190 valence electrons. The number of nitrogens with zero attached hydrogens (tertiary/aromatic N) is 4. The first-order valence-electron chi connectivity index (χ1n) is 10.3. The molecule has 15 heteroatoms. The average molecular weight is 541 g/mol. The number of carbonyl (C=O) groups excluding carboxylic acids is 1. The minimum atomic E-state index is -4.75. The standard InChI is InChI=1S/C21H19F3N6O4S2/c1-11(25)18(31)26-10-12-4-3-5-13(8-12)30-14(9-16(29-30)21(22,23)24)19-27-28-20(34-19)15-6-7-17(35-15)36(2,32)33/h3-9,11H,10,25H2,1-2H3,(H,26,31)/t11-/m0/s1. The molecule has 0 aliphatic carbocycles. The Bertz CT molecular complexity index is 1520. The first-order valence-corrected chi connectivity index (χ1v) is 13.0. The molecule has 36 heavy (non-hydrogen) atoms. The highest BCUT2D eigenvalue weighted by molar-refractivity contribution is 7.92. The topological polar surface area (TPSA) is 146 Å². The Morgan fingerprint density at radius 1 is 1.19 bits per heavy atom. The molecule has 0 saturated carbocycles. The van der Waals surface area contributed by atoms with Gasteiger partial charge in [-0.2, -0.15) is 18.3 Å². The molecule has 0 fully saturated rings. The zero-order chi connectivity index (χ0) is 26.3. The average Bonchev–Trinajstić information content (AvgIpc) is 3.55. The molecule has 3 aromatic heterocycles. The molecule has 0 spiro atoms. The number of alkyl halides is 3. The summed E-state index contributed by atoms with van der Waals surface area (Å²) in [5.41, 5.74) is 5.07. The van der Waals surface area contributed by atoms with E-state index in [2.05, 4.69) is 20.6 Å². The maximum absolute atomic E-state index is 13.5. The van der Waals surface area contributed by atoms with Gasteiger partial charge in [-0.3, -0.25) is 4.79 Å². The van der Waals surface area contributed by atoms with E-state index in [4.69, 9.17) is 10.2 Å². The van der Waals surface area contributed by atoms with E-state index >= 15 is 0 Å². The summed E-state index contributed by atoms with van der Waals surface area (Å²) >= 11 is 0.893. The van der Waals surface area contributed by atoms with Crippen molar-refractivity contribution in [1.29, 1.82) is 0 Å². The molecule has 3 heterocycles. The smallest absolute Gasteiger partial charge is 0.414 e. The Morgan fingerprint density at radius 2 is 1.92 bits per heavy atom. The van der Waals surface area contributed by atoms with Gasteiger partial charge in [-0.1, -0.05) is 12.1 Å². The predicted molar refractivity (Wildman–Crippen MR) is 124 cm³/mol. The number of sulfone groups is 1. The van der Waals surface area contributed by atoms with E-state index in [-0.39, 0.29) is 39.8 Å². The Hall–Kier alpha value is -3.56. The highest BCUT2D eigenvalue weighted by atomic mass is 32.2. The first-order chi connectivity index (χ1) is 16.8. The number of nitrogens with two attached hydrogens (primary N) is 1. The van der Waals surface area contributed by atoms with Crippen molar-refractivity contribution in [1.82, 2.24) is 25.3 Å². The number of benzene rings is 1. The number of hydrogen-bond acceptors (Lipinski definition) is 9. The molecule has 4 aromatic rings. The normalized spacial score (nSPS) is 13.1.